The Morgan fingerprint density at radius 3 is 3.04 bits per heavy atom. The van der Waals surface area contributed by atoms with Crippen molar-refractivity contribution in [1.82, 2.24) is 24.7 Å². The number of amides is 1. The highest BCUT2D eigenvalue weighted by Crippen LogP contribution is 2.28. The fourth-order valence-corrected chi connectivity index (χ4v) is 4.20. The van der Waals surface area contributed by atoms with Gasteiger partial charge in [0.15, 0.2) is 0 Å². The average Bonchev–Trinajstić information content (AvgIpc) is 3.25. The van der Waals surface area contributed by atoms with Crippen LogP contribution in [0.1, 0.15) is 25.7 Å². The number of hydrogen-bond acceptors (Lipinski definition) is 6. The number of morpholine rings is 1. The highest BCUT2D eigenvalue weighted by Gasteiger charge is 2.36. The first kappa shape index (κ1) is 15.5. The number of nitrogens with zero attached hydrogens (tertiary/aromatic N) is 5. The molecule has 1 aliphatic carbocycles. The van der Waals surface area contributed by atoms with E-state index in [0.29, 0.717) is 18.2 Å². The van der Waals surface area contributed by atoms with Gasteiger partial charge in [0.1, 0.15) is 11.5 Å². The molecule has 0 unspecified atom stereocenters. The van der Waals surface area contributed by atoms with E-state index in [2.05, 4.69) is 10.4 Å². The van der Waals surface area contributed by atoms with Gasteiger partial charge in [-0.1, -0.05) is 12.8 Å². The SMILES string of the molecule is O=C(Cn1nnn(-c2cccs2)c1=O)N1CCO[C@H]2CCCC[C@H]21. The zero-order chi connectivity index (χ0) is 16.5. The minimum absolute atomic E-state index is 0.0760. The van der Waals surface area contributed by atoms with E-state index >= 15 is 0 Å². The highest BCUT2D eigenvalue weighted by atomic mass is 32.1. The number of hydrogen-bond donors (Lipinski definition) is 0. The Labute approximate surface area is 142 Å². The predicted molar refractivity (Wildman–Crippen MR) is 87.2 cm³/mol. The van der Waals surface area contributed by atoms with Crippen molar-refractivity contribution >= 4 is 17.2 Å². The summed E-state index contributed by atoms with van der Waals surface area (Å²) >= 11 is 1.40. The number of tetrazole rings is 1. The van der Waals surface area contributed by atoms with Crippen molar-refractivity contribution in [3.8, 4) is 5.00 Å². The molecule has 0 N–H and O–H groups in total. The largest absolute Gasteiger partial charge is 0.374 e. The van der Waals surface area contributed by atoms with Gasteiger partial charge in [-0.3, -0.25) is 4.79 Å². The second-order valence-corrected chi connectivity index (χ2v) is 7.06. The maximum absolute atomic E-state index is 12.7. The van der Waals surface area contributed by atoms with Gasteiger partial charge in [-0.15, -0.1) is 11.3 Å². The van der Waals surface area contributed by atoms with E-state index in [4.69, 9.17) is 4.74 Å². The van der Waals surface area contributed by atoms with Crippen LogP contribution in [0.25, 0.3) is 5.00 Å². The number of carbonyl (C=O) groups excluding carboxylic acids is 1. The second kappa shape index (κ2) is 6.48. The third-order valence-corrected chi connectivity index (χ3v) is 5.54. The molecule has 1 aliphatic heterocycles. The lowest BCUT2D eigenvalue weighted by atomic mass is 9.90. The summed E-state index contributed by atoms with van der Waals surface area (Å²) in [5.74, 6) is -0.0875. The van der Waals surface area contributed by atoms with Crippen LogP contribution in [0.15, 0.2) is 22.3 Å². The first-order chi connectivity index (χ1) is 11.7. The number of thiophene rings is 1. The lowest BCUT2D eigenvalue weighted by Gasteiger charge is -2.43. The first-order valence-corrected chi connectivity index (χ1v) is 9.10. The van der Waals surface area contributed by atoms with Crippen molar-refractivity contribution in [2.75, 3.05) is 13.2 Å². The Morgan fingerprint density at radius 2 is 2.21 bits per heavy atom. The van der Waals surface area contributed by atoms with E-state index in [-0.39, 0.29) is 30.3 Å². The van der Waals surface area contributed by atoms with E-state index in [1.807, 2.05) is 16.3 Å². The molecule has 2 aromatic rings. The summed E-state index contributed by atoms with van der Waals surface area (Å²) in [4.78, 5) is 27.0. The van der Waals surface area contributed by atoms with Gasteiger partial charge in [-0.05, 0) is 40.8 Å². The minimum atomic E-state index is -0.390. The van der Waals surface area contributed by atoms with Crippen LogP contribution in [0.4, 0.5) is 0 Å². The van der Waals surface area contributed by atoms with Gasteiger partial charge in [0, 0.05) is 6.54 Å². The average molecular weight is 349 g/mol. The molecule has 4 rings (SSSR count). The van der Waals surface area contributed by atoms with Crippen molar-refractivity contribution in [1.29, 1.82) is 0 Å². The summed E-state index contributed by atoms with van der Waals surface area (Å²) in [5.41, 5.74) is -0.390. The van der Waals surface area contributed by atoms with Gasteiger partial charge < -0.3 is 9.64 Å². The van der Waals surface area contributed by atoms with Gasteiger partial charge in [0.05, 0.1) is 18.8 Å². The number of ether oxygens (including phenoxy) is 1. The molecule has 24 heavy (non-hydrogen) atoms. The summed E-state index contributed by atoms with van der Waals surface area (Å²) in [6.45, 7) is 1.06. The Hall–Kier alpha value is -2.00. The van der Waals surface area contributed by atoms with Gasteiger partial charge >= 0.3 is 5.69 Å². The molecule has 0 radical (unpaired) electrons. The maximum atomic E-state index is 12.7. The van der Waals surface area contributed by atoms with Gasteiger partial charge in [0.2, 0.25) is 5.91 Å². The predicted octanol–water partition coefficient (Wildman–Crippen LogP) is 0.660. The van der Waals surface area contributed by atoms with Gasteiger partial charge in [-0.25, -0.2) is 4.79 Å². The zero-order valence-electron chi connectivity index (χ0n) is 13.2. The standard InChI is InChI=1S/C15H19N5O3S/c21-13(18-7-8-23-12-5-2-1-4-11(12)18)10-19-15(22)20(17-16-19)14-6-3-9-24-14/h3,6,9,11-12H,1-2,4-5,7-8,10H2/t11-,12+/m1/s1. The Balaban J connectivity index is 1.51. The Bertz CT molecular complexity index is 766. The molecule has 1 saturated heterocycles. The lowest BCUT2D eigenvalue weighted by molar-refractivity contribution is -0.150. The molecule has 0 bridgehead atoms. The lowest BCUT2D eigenvalue weighted by Crippen LogP contribution is -2.55. The number of fused-ring (bicyclic) bond motifs is 1. The first-order valence-electron chi connectivity index (χ1n) is 8.22. The summed E-state index contributed by atoms with van der Waals surface area (Å²) in [7, 11) is 0. The van der Waals surface area contributed by atoms with Crippen molar-refractivity contribution in [2.24, 2.45) is 0 Å². The quantitative estimate of drug-likeness (QED) is 0.813. The second-order valence-electron chi connectivity index (χ2n) is 6.13. The third kappa shape index (κ3) is 2.78. The Morgan fingerprint density at radius 1 is 1.33 bits per heavy atom. The van der Waals surface area contributed by atoms with Crippen LogP contribution in [0.3, 0.4) is 0 Å². The molecule has 1 saturated carbocycles. The van der Waals surface area contributed by atoms with Crippen molar-refractivity contribution in [3.05, 3.63) is 28.0 Å². The van der Waals surface area contributed by atoms with Crippen molar-refractivity contribution < 1.29 is 9.53 Å². The number of aromatic nitrogens is 4. The van der Waals surface area contributed by atoms with Crippen LogP contribution in [0, 0.1) is 0 Å². The van der Waals surface area contributed by atoms with Gasteiger partial charge in [-0.2, -0.15) is 9.36 Å². The van der Waals surface area contributed by atoms with E-state index in [1.54, 1.807) is 6.07 Å². The van der Waals surface area contributed by atoms with E-state index < -0.39 is 0 Å². The topological polar surface area (TPSA) is 82.2 Å². The molecule has 2 aliphatic rings. The summed E-state index contributed by atoms with van der Waals surface area (Å²) < 4.78 is 8.15. The molecular formula is C15H19N5O3S. The molecule has 1 amide bonds. The summed E-state index contributed by atoms with van der Waals surface area (Å²) in [5, 5.41) is 10.3. The minimum Gasteiger partial charge on any atom is -0.374 e. The van der Waals surface area contributed by atoms with E-state index in [1.165, 1.54) is 16.0 Å². The van der Waals surface area contributed by atoms with Crippen LogP contribution >= 0.6 is 11.3 Å². The Kier molecular flexibility index (Phi) is 4.19. The molecule has 2 aromatic heterocycles. The van der Waals surface area contributed by atoms with Crippen LogP contribution in [0.5, 0.6) is 0 Å². The highest BCUT2D eigenvalue weighted by molar-refractivity contribution is 7.12. The van der Waals surface area contributed by atoms with E-state index in [9.17, 15) is 9.59 Å². The molecule has 2 fully saturated rings. The van der Waals surface area contributed by atoms with Crippen LogP contribution in [-0.4, -0.2) is 55.9 Å². The molecule has 2 atom stereocenters. The van der Waals surface area contributed by atoms with Crippen molar-refractivity contribution in [2.45, 2.75) is 44.4 Å². The van der Waals surface area contributed by atoms with Crippen LogP contribution in [0.2, 0.25) is 0 Å². The molecule has 3 heterocycles. The molecular weight excluding hydrogens is 330 g/mol. The maximum Gasteiger partial charge on any atom is 0.369 e. The molecule has 128 valence electrons. The molecule has 9 heteroatoms. The third-order valence-electron chi connectivity index (χ3n) is 4.69. The van der Waals surface area contributed by atoms with Crippen molar-refractivity contribution in [3.63, 3.8) is 0 Å². The zero-order valence-corrected chi connectivity index (χ0v) is 14.0. The fraction of sp³-hybridized carbons (Fsp3) is 0.600. The normalized spacial score (nSPS) is 23.9. The van der Waals surface area contributed by atoms with Crippen LogP contribution in [-0.2, 0) is 16.1 Å². The summed E-state index contributed by atoms with van der Waals surface area (Å²) in [6.07, 6.45) is 4.37. The fourth-order valence-electron chi connectivity index (χ4n) is 3.53. The van der Waals surface area contributed by atoms with Gasteiger partial charge in [0.25, 0.3) is 0 Å². The number of carbonyl (C=O) groups is 1. The molecule has 0 aromatic carbocycles. The number of rotatable bonds is 3. The van der Waals surface area contributed by atoms with Crippen LogP contribution < -0.4 is 5.69 Å². The van der Waals surface area contributed by atoms with E-state index in [0.717, 1.165) is 30.4 Å². The molecule has 0 spiro atoms. The smallest absolute Gasteiger partial charge is 0.369 e. The molecule has 8 nitrogen and oxygen atoms in total. The monoisotopic (exact) mass is 349 g/mol. The summed E-state index contributed by atoms with van der Waals surface area (Å²) in [6, 6.07) is 3.76.